The van der Waals surface area contributed by atoms with Crippen molar-refractivity contribution in [1.82, 2.24) is 24.6 Å². The van der Waals surface area contributed by atoms with Crippen LogP contribution in [-0.4, -0.2) is 56.4 Å². The molecule has 140 valence electrons. The molecule has 7 nitrogen and oxygen atoms in total. The van der Waals surface area contributed by atoms with E-state index in [1.807, 2.05) is 43.4 Å². The van der Waals surface area contributed by atoms with Gasteiger partial charge in [-0.1, -0.05) is 12.1 Å². The van der Waals surface area contributed by atoms with Gasteiger partial charge in [0.15, 0.2) is 5.67 Å². The van der Waals surface area contributed by atoms with Crippen LogP contribution in [0.4, 0.5) is 10.3 Å². The minimum Gasteiger partial charge on any atom is -0.306 e. The van der Waals surface area contributed by atoms with E-state index in [0.717, 1.165) is 16.5 Å². The van der Waals surface area contributed by atoms with Crippen molar-refractivity contribution < 1.29 is 9.18 Å². The van der Waals surface area contributed by atoms with E-state index in [4.69, 9.17) is 0 Å². The Morgan fingerprint density at radius 1 is 1.19 bits per heavy atom. The summed E-state index contributed by atoms with van der Waals surface area (Å²) >= 11 is 0. The van der Waals surface area contributed by atoms with Crippen LogP contribution in [0, 0.1) is 0 Å². The Hall–Kier alpha value is -2.87. The fourth-order valence-corrected chi connectivity index (χ4v) is 3.25. The first-order valence-corrected chi connectivity index (χ1v) is 8.88. The standard InChI is InChI=1S/C19H21FN6O/c1-25-7-5-19(20,6-8-25)17(27)24-18-21-10-14-4-3-13(9-16(14)23-18)15-11-22-26(2)12-15/h3-4,9-12H,5-8H2,1-2H3,(H,21,23,24,27). The fraction of sp³-hybridized carbons (Fsp3) is 0.368. The van der Waals surface area contributed by atoms with Crippen molar-refractivity contribution in [2.45, 2.75) is 18.5 Å². The number of likely N-dealkylation sites (tertiary alicyclic amines) is 1. The molecule has 1 fully saturated rings. The number of nitrogens with one attached hydrogen (secondary N) is 1. The molecule has 1 N–H and O–H groups in total. The van der Waals surface area contributed by atoms with Crippen molar-refractivity contribution in [2.75, 3.05) is 25.5 Å². The van der Waals surface area contributed by atoms with E-state index in [9.17, 15) is 9.18 Å². The van der Waals surface area contributed by atoms with Crippen molar-refractivity contribution in [2.24, 2.45) is 7.05 Å². The molecule has 2 aromatic heterocycles. The molecule has 0 bridgehead atoms. The minimum atomic E-state index is -1.87. The van der Waals surface area contributed by atoms with Crippen LogP contribution in [-0.2, 0) is 11.8 Å². The number of hydrogen-bond donors (Lipinski definition) is 1. The van der Waals surface area contributed by atoms with E-state index < -0.39 is 11.6 Å². The molecule has 0 saturated carbocycles. The molecule has 8 heteroatoms. The Morgan fingerprint density at radius 3 is 2.67 bits per heavy atom. The second-order valence-electron chi connectivity index (χ2n) is 7.09. The molecule has 0 atom stereocenters. The molecule has 0 radical (unpaired) electrons. The lowest BCUT2D eigenvalue weighted by molar-refractivity contribution is -0.130. The SMILES string of the molecule is CN1CCC(F)(C(=O)Nc2ncc3ccc(-c4cnn(C)c4)cc3n2)CC1. The smallest absolute Gasteiger partial charge is 0.264 e. The summed E-state index contributed by atoms with van der Waals surface area (Å²) in [5.74, 6) is -0.551. The molecule has 0 unspecified atom stereocenters. The van der Waals surface area contributed by atoms with Crippen LogP contribution < -0.4 is 5.32 Å². The highest BCUT2D eigenvalue weighted by Gasteiger charge is 2.41. The third-order valence-electron chi connectivity index (χ3n) is 5.03. The zero-order valence-electron chi connectivity index (χ0n) is 15.3. The van der Waals surface area contributed by atoms with Gasteiger partial charge in [0.1, 0.15) is 0 Å². The second kappa shape index (κ2) is 6.70. The lowest BCUT2D eigenvalue weighted by Crippen LogP contribution is -2.47. The molecule has 3 heterocycles. The predicted molar refractivity (Wildman–Crippen MR) is 101 cm³/mol. The van der Waals surface area contributed by atoms with Gasteiger partial charge in [0.05, 0.1) is 11.7 Å². The number of halogens is 1. The molecule has 27 heavy (non-hydrogen) atoms. The number of anilines is 1. The van der Waals surface area contributed by atoms with E-state index in [-0.39, 0.29) is 18.8 Å². The first-order chi connectivity index (χ1) is 12.9. The van der Waals surface area contributed by atoms with Crippen molar-refractivity contribution >= 4 is 22.8 Å². The molecular weight excluding hydrogens is 347 g/mol. The minimum absolute atomic E-state index is 0.117. The summed E-state index contributed by atoms with van der Waals surface area (Å²) in [6.45, 7) is 1.11. The monoisotopic (exact) mass is 368 g/mol. The Labute approximate surface area is 156 Å². The van der Waals surface area contributed by atoms with Crippen molar-refractivity contribution in [3.05, 3.63) is 36.8 Å². The molecule has 0 spiro atoms. The summed E-state index contributed by atoms with van der Waals surface area (Å²) in [5, 5.41) is 7.57. The maximum atomic E-state index is 14.9. The van der Waals surface area contributed by atoms with E-state index in [2.05, 4.69) is 20.4 Å². The summed E-state index contributed by atoms with van der Waals surface area (Å²) < 4.78 is 16.7. The summed E-state index contributed by atoms with van der Waals surface area (Å²) in [6, 6.07) is 5.79. The third-order valence-corrected chi connectivity index (χ3v) is 5.03. The number of nitrogens with zero attached hydrogens (tertiary/aromatic N) is 5. The van der Waals surface area contributed by atoms with Crippen LogP contribution >= 0.6 is 0 Å². The molecule has 0 aliphatic carbocycles. The number of alkyl halides is 1. The molecule has 1 aliphatic heterocycles. The van der Waals surface area contributed by atoms with Gasteiger partial charge < -0.3 is 4.90 Å². The Kier molecular flexibility index (Phi) is 4.35. The topological polar surface area (TPSA) is 75.9 Å². The van der Waals surface area contributed by atoms with Gasteiger partial charge in [-0.15, -0.1) is 0 Å². The Morgan fingerprint density at radius 2 is 1.96 bits per heavy atom. The molecule has 4 rings (SSSR count). The number of hydrogen-bond acceptors (Lipinski definition) is 5. The van der Waals surface area contributed by atoms with Gasteiger partial charge in [0.2, 0.25) is 5.95 Å². The largest absolute Gasteiger partial charge is 0.306 e. The molecule has 1 aliphatic rings. The number of rotatable bonds is 3. The average molecular weight is 368 g/mol. The lowest BCUT2D eigenvalue weighted by Gasteiger charge is -2.32. The summed E-state index contributed by atoms with van der Waals surface area (Å²) in [7, 11) is 3.78. The number of fused-ring (bicyclic) bond motifs is 1. The Bertz CT molecular complexity index is 993. The van der Waals surface area contributed by atoms with Crippen LogP contribution in [0.15, 0.2) is 36.8 Å². The Balaban J connectivity index is 1.58. The molecule has 1 amide bonds. The average Bonchev–Trinajstić information content (AvgIpc) is 3.10. The number of carbonyl (C=O) groups is 1. The summed E-state index contributed by atoms with van der Waals surface area (Å²) in [6.07, 6.45) is 5.67. The van der Waals surface area contributed by atoms with Gasteiger partial charge in [0.25, 0.3) is 5.91 Å². The van der Waals surface area contributed by atoms with Crippen molar-refractivity contribution in [3.8, 4) is 11.1 Å². The lowest BCUT2D eigenvalue weighted by atomic mass is 9.93. The number of piperidine rings is 1. The number of amides is 1. The highest BCUT2D eigenvalue weighted by atomic mass is 19.1. The van der Waals surface area contributed by atoms with E-state index in [0.29, 0.717) is 18.6 Å². The van der Waals surface area contributed by atoms with Gasteiger partial charge in [-0.2, -0.15) is 5.10 Å². The highest BCUT2D eigenvalue weighted by molar-refractivity contribution is 5.96. The molecule has 3 aromatic rings. The van der Waals surface area contributed by atoms with Crippen molar-refractivity contribution in [1.29, 1.82) is 0 Å². The van der Waals surface area contributed by atoms with Gasteiger partial charge in [-0.25, -0.2) is 14.4 Å². The zero-order valence-corrected chi connectivity index (χ0v) is 15.3. The fourth-order valence-electron chi connectivity index (χ4n) is 3.25. The summed E-state index contributed by atoms with van der Waals surface area (Å²) in [5.41, 5.74) is 0.738. The molecular formula is C19H21FN6O. The normalized spacial score (nSPS) is 17.1. The maximum absolute atomic E-state index is 14.9. The number of carbonyl (C=O) groups excluding carboxylic acids is 1. The van der Waals surface area contributed by atoms with Crippen LogP contribution in [0.1, 0.15) is 12.8 Å². The summed E-state index contributed by atoms with van der Waals surface area (Å²) in [4.78, 5) is 23.0. The van der Waals surface area contributed by atoms with Crippen LogP contribution in [0.5, 0.6) is 0 Å². The maximum Gasteiger partial charge on any atom is 0.264 e. The van der Waals surface area contributed by atoms with Gasteiger partial charge in [0, 0.05) is 56.3 Å². The van der Waals surface area contributed by atoms with Crippen LogP contribution in [0.2, 0.25) is 0 Å². The van der Waals surface area contributed by atoms with Crippen LogP contribution in [0.25, 0.3) is 22.0 Å². The van der Waals surface area contributed by atoms with Gasteiger partial charge >= 0.3 is 0 Å². The second-order valence-corrected chi connectivity index (χ2v) is 7.09. The van der Waals surface area contributed by atoms with Crippen molar-refractivity contribution in [3.63, 3.8) is 0 Å². The third kappa shape index (κ3) is 3.52. The van der Waals surface area contributed by atoms with E-state index in [1.165, 1.54) is 0 Å². The number of aryl methyl sites for hydroxylation is 1. The van der Waals surface area contributed by atoms with Crippen LogP contribution in [0.3, 0.4) is 0 Å². The van der Waals surface area contributed by atoms with E-state index >= 15 is 0 Å². The highest BCUT2D eigenvalue weighted by Crippen LogP contribution is 2.28. The number of aromatic nitrogens is 4. The van der Waals surface area contributed by atoms with Gasteiger partial charge in [-0.3, -0.25) is 14.8 Å². The molecule has 1 saturated heterocycles. The molecule has 1 aromatic carbocycles. The van der Waals surface area contributed by atoms with E-state index in [1.54, 1.807) is 17.1 Å². The quantitative estimate of drug-likeness (QED) is 0.768. The first-order valence-electron chi connectivity index (χ1n) is 8.88. The predicted octanol–water partition coefficient (Wildman–Crippen LogP) is 2.40. The zero-order chi connectivity index (χ0) is 19.0. The number of benzene rings is 1. The van der Waals surface area contributed by atoms with Gasteiger partial charge in [-0.05, 0) is 18.7 Å². The first kappa shape index (κ1) is 17.5.